The first-order valence-corrected chi connectivity index (χ1v) is 12.4. The van der Waals surface area contributed by atoms with Crippen LogP contribution in [0.15, 0.2) is 42.5 Å². The summed E-state index contributed by atoms with van der Waals surface area (Å²) in [5.41, 5.74) is 3.17. The number of anilines is 1. The van der Waals surface area contributed by atoms with Crippen molar-refractivity contribution in [1.29, 1.82) is 0 Å². The Morgan fingerprint density at radius 1 is 0.868 bits per heavy atom. The van der Waals surface area contributed by atoms with Gasteiger partial charge in [-0.1, -0.05) is 0 Å². The molecule has 0 saturated carbocycles. The smallest absolute Gasteiger partial charge is 0.310 e. The number of hydrogen-bond donors (Lipinski definition) is 3. The lowest BCUT2D eigenvalue weighted by Gasteiger charge is -2.40. The molecule has 10 nitrogen and oxygen atoms in total. The maximum absolute atomic E-state index is 13.2. The average Bonchev–Trinajstić information content (AvgIpc) is 3.55. The van der Waals surface area contributed by atoms with Crippen LogP contribution >= 0.6 is 0 Å². The molecule has 3 aliphatic heterocycles. The SMILES string of the molecule is COc1cc([C@@H]2c3cc4c(cc3C(Nc3ccc5c(c3)OCCO5)[C@H]3COC(=O)[C@H]23)OCO4)cc(O)c1O. The predicted octanol–water partition coefficient (Wildman–Crippen LogP) is 3.69. The molecule has 0 spiro atoms. The molecule has 0 bridgehead atoms. The number of nitrogens with one attached hydrogen (secondary N) is 1. The standard InChI is InChI=1S/C28H25NO9/c1-33-23-7-13(6-18(30)27(23)31)24-15-9-21-22(38-12-37-21)10-16(15)26(17-11-36-28(32)25(17)24)29-14-2-3-19-20(8-14)35-5-4-34-19/h2-3,6-10,17,24-26,29-31H,4-5,11-12H2,1H3/t17-,24+,25-,26?/m0/s1. The fourth-order valence-electron chi connectivity index (χ4n) is 6.01. The lowest BCUT2D eigenvalue weighted by molar-refractivity contribution is -0.141. The Morgan fingerprint density at radius 3 is 2.39 bits per heavy atom. The number of methoxy groups -OCH3 is 1. The lowest BCUT2D eigenvalue weighted by atomic mass is 9.65. The van der Waals surface area contributed by atoms with Gasteiger partial charge in [0.25, 0.3) is 0 Å². The highest BCUT2D eigenvalue weighted by atomic mass is 16.7. The second-order valence-corrected chi connectivity index (χ2v) is 9.70. The molecule has 196 valence electrons. The highest BCUT2D eigenvalue weighted by Gasteiger charge is 2.52. The van der Waals surface area contributed by atoms with Gasteiger partial charge in [0.15, 0.2) is 34.5 Å². The van der Waals surface area contributed by atoms with Gasteiger partial charge in [-0.05, 0) is 53.1 Å². The molecule has 4 aliphatic rings. The molecule has 0 aromatic heterocycles. The first-order valence-electron chi connectivity index (χ1n) is 12.4. The summed E-state index contributed by atoms with van der Waals surface area (Å²) in [6.07, 6.45) is 0. The van der Waals surface area contributed by atoms with E-state index in [0.717, 1.165) is 16.8 Å². The van der Waals surface area contributed by atoms with E-state index in [4.69, 9.17) is 28.4 Å². The Balaban J connectivity index is 1.38. The molecular weight excluding hydrogens is 494 g/mol. The van der Waals surface area contributed by atoms with Gasteiger partial charge in [-0.2, -0.15) is 0 Å². The molecule has 4 atom stereocenters. The fraction of sp³-hybridized carbons (Fsp3) is 0.321. The molecule has 10 heteroatoms. The second kappa shape index (κ2) is 8.54. The van der Waals surface area contributed by atoms with Crippen molar-refractivity contribution < 1.29 is 43.4 Å². The van der Waals surface area contributed by atoms with E-state index in [0.29, 0.717) is 41.8 Å². The molecule has 1 fully saturated rings. The van der Waals surface area contributed by atoms with Gasteiger partial charge in [0.1, 0.15) is 13.2 Å². The predicted molar refractivity (Wildman–Crippen MR) is 132 cm³/mol. The summed E-state index contributed by atoms with van der Waals surface area (Å²) in [7, 11) is 1.41. The third-order valence-corrected chi connectivity index (χ3v) is 7.71. The van der Waals surface area contributed by atoms with E-state index in [2.05, 4.69) is 5.32 Å². The van der Waals surface area contributed by atoms with Crippen LogP contribution in [-0.4, -0.2) is 49.9 Å². The molecule has 3 aromatic rings. The number of carbonyl (C=O) groups excluding carboxylic acids is 1. The Labute approximate surface area is 217 Å². The number of carbonyl (C=O) groups is 1. The van der Waals surface area contributed by atoms with Gasteiger partial charge in [-0.3, -0.25) is 4.79 Å². The Morgan fingerprint density at radius 2 is 1.61 bits per heavy atom. The minimum absolute atomic E-state index is 0.103. The van der Waals surface area contributed by atoms with Crippen molar-refractivity contribution >= 4 is 11.7 Å². The van der Waals surface area contributed by atoms with E-state index in [1.54, 1.807) is 6.07 Å². The minimum Gasteiger partial charge on any atom is -0.504 e. The zero-order chi connectivity index (χ0) is 26.0. The molecule has 1 unspecified atom stereocenters. The van der Waals surface area contributed by atoms with Crippen LogP contribution < -0.4 is 29.0 Å². The quantitative estimate of drug-likeness (QED) is 0.347. The Kier molecular flexibility index (Phi) is 5.10. The topological polar surface area (TPSA) is 125 Å². The summed E-state index contributed by atoms with van der Waals surface area (Å²) >= 11 is 0. The fourth-order valence-corrected chi connectivity index (χ4v) is 6.01. The first kappa shape index (κ1) is 22.7. The van der Waals surface area contributed by atoms with Crippen molar-refractivity contribution in [2.75, 3.05) is 39.0 Å². The van der Waals surface area contributed by atoms with Crippen LogP contribution in [0.1, 0.15) is 28.7 Å². The summed E-state index contributed by atoms with van der Waals surface area (Å²) in [6, 6.07) is 12.3. The van der Waals surface area contributed by atoms with Crippen molar-refractivity contribution in [1.82, 2.24) is 0 Å². The van der Waals surface area contributed by atoms with Gasteiger partial charge in [-0.15, -0.1) is 0 Å². The van der Waals surface area contributed by atoms with Crippen LogP contribution in [0.4, 0.5) is 5.69 Å². The molecule has 7 rings (SSSR count). The minimum atomic E-state index is -0.564. The molecule has 3 heterocycles. The highest BCUT2D eigenvalue weighted by Crippen LogP contribution is 2.56. The summed E-state index contributed by atoms with van der Waals surface area (Å²) in [4.78, 5) is 13.2. The van der Waals surface area contributed by atoms with Crippen LogP contribution in [-0.2, 0) is 9.53 Å². The normalized spacial score (nSPS) is 24.3. The molecule has 0 amide bonds. The van der Waals surface area contributed by atoms with Gasteiger partial charge in [0, 0.05) is 23.6 Å². The number of phenols is 2. The number of benzene rings is 3. The average molecular weight is 520 g/mol. The van der Waals surface area contributed by atoms with E-state index in [1.807, 2.05) is 30.3 Å². The van der Waals surface area contributed by atoms with Crippen LogP contribution in [0.2, 0.25) is 0 Å². The third kappa shape index (κ3) is 3.43. The van der Waals surface area contributed by atoms with E-state index in [-0.39, 0.29) is 48.6 Å². The number of cyclic esters (lactones) is 1. The van der Waals surface area contributed by atoms with Crippen molar-refractivity contribution in [2.45, 2.75) is 12.0 Å². The van der Waals surface area contributed by atoms with Crippen LogP contribution in [0, 0.1) is 11.8 Å². The number of esters is 1. The van der Waals surface area contributed by atoms with Crippen molar-refractivity contribution in [3.63, 3.8) is 0 Å². The maximum atomic E-state index is 13.2. The van der Waals surface area contributed by atoms with E-state index < -0.39 is 11.8 Å². The molecule has 3 aromatic carbocycles. The number of ether oxygens (including phenoxy) is 6. The molecule has 1 aliphatic carbocycles. The van der Waals surface area contributed by atoms with Gasteiger partial charge < -0.3 is 44.0 Å². The lowest BCUT2D eigenvalue weighted by Crippen LogP contribution is -2.37. The first-order chi connectivity index (χ1) is 18.5. The maximum Gasteiger partial charge on any atom is 0.310 e. The molecule has 0 radical (unpaired) electrons. The zero-order valence-corrected chi connectivity index (χ0v) is 20.4. The van der Waals surface area contributed by atoms with Gasteiger partial charge in [0.05, 0.1) is 25.7 Å². The van der Waals surface area contributed by atoms with E-state index in [9.17, 15) is 15.0 Å². The second-order valence-electron chi connectivity index (χ2n) is 9.70. The van der Waals surface area contributed by atoms with Crippen LogP contribution in [0.5, 0.6) is 40.2 Å². The number of rotatable bonds is 4. The number of phenolic OH excluding ortho intramolecular Hbond substituents is 2. The van der Waals surface area contributed by atoms with Crippen molar-refractivity contribution in [3.8, 4) is 40.2 Å². The van der Waals surface area contributed by atoms with Crippen molar-refractivity contribution in [2.24, 2.45) is 11.8 Å². The molecular formula is C28H25NO9. The molecule has 3 N–H and O–H groups in total. The third-order valence-electron chi connectivity index (χ3n) is 7.71. The van der Waals surface area contributed by atoms with Gasteiger partial charge in [-0.25, -0.2) is 0 Å². The van der Waals surface area contributed by atoms with Crippen molar-refractivity contribution in [3.05, 3.63) is 59.2 Å². The summed E-state index contributed by atoms with van der Waals surface area (Å²) < 4.78 is 33.7. The number of hydrogen-bond acceptors (Lipinski definition) is 10. The number of aromatic hydroxyl groups is 2. The largest absolute Gasteiger partial charge is 0.504 e. The summed E-state index contributed by atoms with van der Waals surface area (Å²) in [5, 5.41) is 24.3. The van der Waals surface area contributed by atoms with Gasteiger partial charge in [0.2, 0.25) is 12.5 Å². The van der Waals surface area contributed by atoms with Crippen LogP contribution in [0.25, 0.3) is 0 Å². The summed E-state index contributed by atoms with van der Waals surface area (Å²) in [5.74, 6) is 0.335. The Hall–Kier alpha value is -4.47. The molecule has 38 heavy (non-hydrogen) atoms. The number of fused-ring (bicyclic) bond motifs is 4. The summed E-state index contributed by atoms with van der Waals surface area (Å²) in [6.45, 7) is 1.30. The monoisotopic (exact) mass is 519 g/mol. The zero-order valence-electron chi connectivity index (χ0n) is 20.4. The van der Waals surface area contributed by atoms with Gasteiger partial charge >= 0.3 is 5.97 Å². The Bertz CT molecular complexity index is 1450. The van der Waals surface area contributed by atoms with Crippen LogP contribution in [0.3, 0.4) is 0 Å². The van der Waals surface area contributed by atoms with E-state index >= 15 is 0 Å². The van der Waals surface area contributed by atoms with E-state index in [1.165, 1.54) is 13.2 Å². The molecule has 1 saturated heterocycles. The highest BCUT2D eigenvalue weighted by molar-refractivity contribution is 5.79.